The van der Waals surface area contributed by atoms with Crippen LogP contribution in [0, 0.1) is 0 Å². The fourth-order valence-corrected chi connectivity index (χ4v) is 16.0. The van der Waals surface area contributed by atoms with Crippen molar-refractivity contribution in [3.8, 4) is 0 Å². The maximum absolute atomic E-state index is 10.7. The van der Waals surface area contributed by atoms with Crippen molar-refractivity contribution < 1.29 is 13.0 Å². The summed E-state index contributed by atoms with van der Waals surface area (Å²) in [5.74, 6) is -1.02. The molecule has 0 radical (unpaired) electrons. The zero-order valence-corrected chi connectivity index (χ0v) is 17.4. The Bertz CT molecular complexity index is 325. The Kier molecular flexibility index (Phi) is 12.8. The molecule has 0 amide bonds. The molecule has 21 heavy (non-hydrogen) atoms. The van der Waals surface area contributed by atoms with E-state index in [1.165, 1.54) is 57.0 Å². The van der Waals surface area contributed by atoms with E-state index >= 15 is 0 Å². The summed E-state index contributed by atoms with van der Waals surface area (Å²) in [4.78, 5) is 0. The van der Waals surface area contributed by atoms with Crippen LogP contribution in [0.5, 0.6) is 0 Å². The van der Waals surface area contributed by atoms with Gasteiger partial charge in [0.05, 0.1) is 0 Å². The molecule has 0 saturated heterocycles. The predicted octanol–water partition coefficient (Wildman–Crippen LogP) is 4.38. The Morgan fingerprint density at radius 2 is 1.29 bits per heavy atom. The van der Waals surface area contributed by atoms with E-state index < -0.39 is 16.1 Å². The summed E-state index contributed by atoms with van der Waals surface area (Å²) in [5.41, 5.74) is 0. The monoisotopic (exact) mass is 404 g/mol. The minimum absolute atomic E-state index is 0.163. The van der Waals surface area contributed by atoms with Crippen LogP contribution in [0.4, 0.5) is 0 Å². The molecular weight excluding hydrogens is 370 g/mol. The first-order valence-corrected chi connectivity index (χ1v) is 15.7. The fraction of sp³-hybridized carbons (Fsp3) is 1.00. The Morgan fingerprint density at radius 3 is 1.62 bits per heavy atom. The van der Waals surface area contributed by atoms with Crippen molar-refractivity contribution in [1.82, 2.24) is 0 Å². The van der Waals surface area contributed by atoms with Gasteiger partial charge in [0.2, 0.25) is 0 Å². The molecule has 6 heteroatoms. The maximum atomic E-state index is 10.7. The zero-order chi connectivity index (χ0) is 16.2. The molecule has 0 heterocycles. The number of hydrogen-bond acceptors (Lipinski definition) is 3. The molecule has 0 saturated carbocycles. The first-order valence-electron chi connectivity index (χ1n) is 8.33. The Morgan fingerprint density at radius 1 is 0.857 bits per heavy atom. The topological polar surface area (TPSA) is 57.2 Å². The molecule has 0 unspecified atom stereocenters. The molecule has 0 aliphatic heterocycles. The minimum atomic E-state index is -4.02. The summed E-state index contributed by atoms with van der Waals surface area (Å²) in [6.45, 7) is 6.77. The van der Waals surface area contributed by atoms with Crippen molar-refractivity contribution >= 4 is 30.6 Å². The van der Waals surface area contributed by atoms with Gasteiger partial charge >= 0.3 is 139 Å². The van der Waals surface area contributed by atoms with Crippen LogP contribution in [-0.4, -0.2) is 51.7 Å². The van der Waals surface area contributed by atoms with Crippen LogP contribution in [-0.2, 0) is 10.1 Å². The van der Waals surface area contributed by atoms with Crippen LogP contribution >= 0.6 is 5.95 Å². The van der Waals surface area contributed by atoms with Gasteiger partial charge in [-0.2, -0.15) is 0 Å². The van der Waals surface area contributed by atoms with Crippen LogP contribution in [0.1, 0.15) is 65.7 Å². The van der Waals surface area contributed by atoms with E-state index in [0.717, 1.165) is 5.32 Å². The van der Waals surface area contributed by atoms with Crippen molar-refractivity contribution in [2.24, 2.45) is 0 Å². The number of hydrogen-bond donors (Lipinski definition) is 0. The average molecular weight is 403 g/mol. The quantitative estimate of drug-likeness (QED) is 0.187. The summed E-state index contributed by atoms with van der Waals surface area (Å²) in [6, 6.07) is 0. The molecule has 0 aromatic rings. The second kappa shape index (κ2) is 12.3. The SMILES string of the molecule is CCCC[P+](CCCC)(CCCC)[Se]CCCS(=O)(=O)[O-]. The summed E-state index contributed by atoms with van der Waals surface area (Å²) in [7, 11) is -4.02. The number of unbranched alkanes of at least 4 members (excludes halogenated alkanes) is 3. The van der Waals surface area contributed by atoms with Crippen LogP contribution < -0.4 is 0 Å². The molecule has 0 spiro atoms. The van der Waals surface area contributed by atoms with Crippen LogP contribution in [0.25, 0.3) is 0 Å². The van der Waals surface area contributed by atoms with Crippen molar-refractivity contribution in [1.29, 1.82) is 0 Å². The molecule has 3 nitrogen and oxygen atoms in total. The normalized spacial score (nSPS) is 12.8. The Hall–Kier alpha value is 0.859. The third-order valence-electron chi connectivity index (χ3n) is 3.66. The van der Waals surface area contributed by atoms with Crippen LogP contribution in [0.15, 0.2) is 0 Å². The van der Waals surface area contributed by atoms with E-state index in [1.807, 2.05) is 0 Å². The van der Waals surface area contributed by atoms with Gasteiger partial charge in [-0.05, 0) is 0 Å². The standard InChI is InChI=1S/C15H33O3PSSe/c1-4-7-11-19(12-8-5-2,13-9-6-3)21-15-10-14-20(16,17)18/h4-15H2,1-3H3. The molecule has 0 aliphatic carbocycles. The number of rotatable bonds is 14. The van der Waals surface area contributed by atoms with E-state index in [9.17, 15) is 13.0 Å². The summed E-state index contributed by atoms with van der Waals surface area (Å²) < 4.78 is 32.2. The molecule has 0 fully saturated rings. The second-order valence-corrected chi connectivity index (χ2v) is 18.3. The van der Waals surface area contributed by atoms with Crippen molar-refractivity contribution in [2.45, 2.75) is 71.0 Å². The van der Waals surface area contributed by atoms with Gasteiger partial charge in [-0.15, -0.1) is 0 Å². The van der Waals surface area contributed by atoms with Gasteiger partial charge in [0, 0.05) is 0 Å². The summed E-state index contributed by atoms with van der Waals surface area (Å²) >= 11 is 0.567. The fourth-order valence-electron chi connectivity index (χ4n) is 2.36. The molecule has 0 aromatic carbocycles. The second-order valence-electron chi connectivity index (χ2n) is 5.74. The molecule has 0 aliphatic rings. The predicted molar refractivity (Wildman–Crippen MR) is 96.0 cm³/mol. The molecule has 0 aromatic heterocycles. The first kappa shape index (κ1) is 21.9. The van der Waals surface area contributed by atoms with Gasteiger partial charge in [-0.3, -0.25) is 0 Å². The third kappa shape index (κ3) is 12.0. The van der Waals surface area contributed by atoms with Crippen LogP contribution in [0.2, 0.25) is 5.32 Å². The molecule has 0 N–H and O–H groups in total. The van der Waals surface area contributed by atoms with E-state index in [-0.39, 0.29) is 5.75 Å². The van der Waals surface area contributed by atoms with E-state index in [4.69, 9.17) is 0 Å². The Balaban J connectivity index is 4.54. The molecule has 128 valence electrons. The molecule has 0 atom stereocenters. The van der Waals surface area contributed by atoms with Crippen LogP contribution in [0.3, 0.4) is 0 Å². The molecule has 0 bridgehead atoms. The molecular formula is C15H33O3PSSe. The molecule has 0 rings (SSSR count). The van der Waals surface area contributed by atoms with Gasteiger partial charge in [-0.25, -0.2) is 0 Å². The van der Waals surface area contributed by atoms with Gasteiger partial charge < -0.3 is 0 Å². The van der Waals surface area contributed by atoms with Gasteiger partial charge in [0.15, 0.2) is 0 Å². The van der Waals surface area contributed by atoms with E-state index in [2.05, 4.69) is 20.8 Å². The van der Waals surface area contributed by atoms with Crippen molar-refractivity contribution in [3.63, 3.8) is 0 Å². The zero-order valence-electron chi connectivity index (χ0n) is 14.0. The summed E-state index contributed by atoms with van der Waals surface area (Å²) in [6.07, 6.45) is 12.5. The van der Waals surface area contributed by atoms with E-state index in [1.54, 1.807) is 0 Å². The summed E-state index contributed by atoms with van der Waals surface area (Å²) in [5, 5.41) is 0.986. The third-order valence-corrected chi connectivity index (χ3v) is 17.2. The van der Waals surface area contributed by atoms with Crippen molar-refractivity contribution in [2.75, 3.05) is 24.2 Å². The van der Waals surface area contributed by atoms with Gasteiger partial charge in [0.25, 0.3) is 0 Å². The van der Waals surface area contributed by atoms with E-state index in [0.29, 0.717) is 20.9 Å². The Labute approximate surface area is 138 Å². The van der Waals surface area contributed by atoms with Gasteiger partial charge in [-0.1, -0.05) is 0 Å². The average Bonchev–Trinajstić information content (AvgIpc) is 2.43. The first-order chi connectivity index (χ1) is 9.89. The van der Waals surface area contributed by atoms with Crippen molar-refractivity contribution in [3.05, 3.63) is 0 Å². The van der Waals surface area contributed by atoms with Gasteiger partial charge in [0.1, 0.15) is 0 Å².